The highest BCUT2D eigenvalue weighted by atomic mass is 16.6. The lowest BCUT2D eigenvalue weighted by Crippen LogP contribution is -2.11. The van der Waals surface area contributed by atoms with Crippen molar-refractivity contribution >= 4 is 5.78 Å². The second-order valence-electron chi connectivity index (χ2n) is 7.06. The zero-order valence-corrected chi connectivity index (χ0v) is 17.7. The Labute approximate surface area is 181 Å². The van der Waals surface area contributed by atoms with Gasteiger partial charge in [0.1, 0.15) is 35.7 Å². The fourth-order valence-electron chi connectivity index (χ4n) is 3.53. The van der Waals surface area contributed by atoms with E-state index in [1.165, 1.54) is 0 Å². The maximum Gasteiger partial charge on any atom is 0.198 e. The molecule has 0 amide bonds. The van der Waals surface area contributed by atoms with Gasteiger partial charge in [0.05, 0.1) is 32.5 Å². The summed E-state index contributed by atoms with van der Waals surface area (Å²) in [6, 6.07) is 20.5. The number of para-hydroxylation sites is 1. The van der Waals surface area contributed by atoms with Crippen LogP contribution in [0.15, 0.2) is 66.7 Å². The standard InChI is InChI=1S/C25H24O6/c1-27-17-13-20(28-2)22(21(14-17)29-3)24-25(31-24)23(26)18-11-7-8-12-19(18)30-15-16-9-5-4-6-10-16/h4-14,24-25H,15H2,1-3H3/t24-,25+/m1/s1. The maximum atomic E-state index is 13.2. The van der Waals surface area contributed by atoms with Crippen LogP contribution < -0.4 is 18.9 Å². The molecule has 1 aliphatic rings. The third-order valence-electron chi connectivity index (χ3n) is 5.18. The van der Waals surface area contributed by atoms with Gasteiger partial charge in [0.2, 0.25) is 0 Å². The molecule has 3 aromatic carbocycles. The van der Waals surface area contributed by atoms with Gasteiger partial charge in [0.25, 0.3) is 0 Å². The van der Waals surface area contributed by atoms with Gasteiger partial charge in [0.15, 0.2) is 11.9 Å². The topological polar surface area (TPSA) is 66.5 Å². The first-order valence-corrected chi connectivity index (χ1v) is 9.91. The summed E-state index contributed by atoms with van der Waals surface area (Å²) in [5.74, 6) is 2.07. The lowest BCUT2D eigenvalue weighted by atomic mass is 10.0. The Morgan fingerprint density at radius 2 is 1.48 bits per heavy atom. The summed E-state index contributed by atoms with van der Waals surface area (Å²) in [5.41, 5.74) is 2.20. The van der Waals surface area contributed by atoms with Crippen LogP contribution in [-0.2, 0) is 11.3 Å². The van der Waals surface area contributed by atoms with Crippen molar-refractivity contribution in [3.05, 3.63) is 83.4 Å². The van der Waals surface area contributed by atoms with Crippen LogP contribution in [0.4, 0.5) is 0 Å². The van der Waals surface area contributed by atoms with E-state index in [2.05, 4.69) is 0 Å². The Balaban J connectivity index is 1.55. The summed E-state index contributed by atoms with van der Waals surface area (Å²) in [7, 11) is 4.69. The monoisotopic (exact) mass is 420 g/mol. The van der Waals surface area contributed by atoms with Gasteiger partial charge >= 0.3 is 0 Å². The molecule has 0 saturated carbocycles. The van der Waals surface area contributed by atoms with Crippen molar-refractivity contribution in [1.29, 1.82) is 0 Å². The van der Waals surface area contributed by atoms with Crippen molar-refractivity contribution in [2.75, 3.05) is 21.3 Å². The summed E-state index contributed by atoms with van der Waals surface area (Å²) >= 11 is 0. The SMILES string of the molecule is COc1cc(OC)c([C@H]2O[C@H]2C(=O)c2ccccc2OCc2ccccc2)c(OC)c1. The zero-order chi connectivity index (χ0) is 21.8. The third kappa shape index (κ3) is 4.34. The smallest absolute Gasteiger partial charge is 0.198 e. The molecule has 1 saturated heterocycles. The first-order valence-electron chi connectivity index (χ1n) is 9.91. The first kappa shape index (κ1) is 20.8. The average Bonchev–Trinajstić information content (AvgIpc) is 3.62. The molecule has 1 fully saturated rings. The number of Topliss-reactive ketones (excluding diaryl/α,β-unsaturated/α-hetero) is 1. The summed E-state index contributed by atoms with van der Waals surface area (Å²) in [6.45, 7) is 0.375. The number of carbonyl (C=O) groups is 1. The lowest BCUT2D eigenvalue weighted by Gasteiger charge is -2.14. The number of benzene rings is 3. The quantitative estimate of drug-likeness (QED) is 0.372. The predicted molar refractivity (Wildman–Crippen MR) is 115 cm³/mol. The predicted octanol–water partition coefficient (Wildman–Crippen LogP) is 4.61. The second-order valence-corrected chi connectivity index (χ2v) is 7.06. The molecule has 0 N–H and O–H groups in total. The number of carbonyl (C=O) groups excluding carboxylic acids is 1. The Bertz CT molecular complexity index is 1040. The van der Waals surface area contributed by atoms with E-state index < -0.39 is 12.2 Å². The molecule has 3 aromatic rings. The van der Waals surface area contributed by atoms with Crippen LogP contribution in [0.5, 0.6) is 23.0 Å². The van der Waals surface area contributed by atoms with Gasteiger partial charge in [-0.15, -0.1) is 0 Å². The molecule has 0 unspecified atom stereocenters. The molecular formula is C25H24O6. The Morgan fingerprint density at radius 3 is 2.13 bits per heavy atom. The van der Waals surface area contributed by atoms with Crippen molar-refractivity contribution in [3.8, 4) is 23.0 Å². The number of methoxy groups -OCH3 is 3. The number of hydrogen-bond donors (Lipinski definition) is 0. The van der Waals surface area contributed by atoms with Gasteiger partial charge in [-0.05, 0) is 17.7 Å². The molecular weight excluding hydrogens is 396 g/mol. The highest BCUT2D eigenvalue weighted by Crippen LogP contribution is 2.50. The Morgan fingerprint density at radius 1 is 0.839 bits per heavy atom. The van der Waals surface area contributed by atoms with Gasteiger partial charge < -0.3 is 23.7 Å². The van der Waals surface area contributed by atoms with E-state index in [1.807, 2.05) is 42.5 Å². The second kappa shape index (κ2) is 9.10. The first-order chi connectivity index (χ1) is 15.2. The molecule has 1 heterocycles. The van der Waals surface area contributed by atoms with Crippen LogP contribution in [0.2, 0.25) is 0 Å². The van der Waals surface area contributed by atoms with Crippen LogP contribution in [0, 0.1) is 0 Å². The van der Waals surface area contributed by atoms with Crippen molar-refractivity contribution in [3.63, 3.8) is 0 Å². The van der Waals surface area contributed by atoms with Crippen LogP contribution in [0.25, 0.3) is 0 Å². The molecule has 0 spiro atoms. The molecule has 0 aromatic heterocycles. The van der Waals surface area contributed by atoms with Gasteiger partial charge in [-0.25, -0.2) is 0 Å². The molecule has 31 heavy (non-hydrogen) atoms. The number of ketones is 1. The third-order valence-corrected chi connectivity index (χ3v) is 5.18. The van der Waals surface area contributed by atoms with Crippen LogP contribution in [0.1, 0.15) is 27.6 Å². The molecule has 2 atom stereocenters. The van der Waals surface area contributed by atoms with Gasteiger partial charge in [-0.1, -0.05) is 42.5 Å². The number of rotatable bonds is 9. The minimum absolute atomic E-state index is 0.145. The summed E-state index contributed by atoms with van der Waals surface area (Å²) < 4.78 is 28.0. The molecule has 160 valence electrons. The van der Waals surface area contributed by atoms with E-state index in [-0.39, 0.29) is 5.78 Å². The van der Waals surface area contributed by atoms with E-state index in [0.29, 0.717) is 40.7 Å². The number of epoxide rings is 1. The van der Waals surface area contributed by atoms with Crippen LogP contribution >= 0.6 is 0 Å². The fraction of sp³-hybridized carbons (Fsp3) is 0.240. The molecule has 6 nitrogen and oxygen atoms in total. The van der Waals surface area contributed by atoms with Gasteiger partial charge in [0, 0.05) is 12.1 Å². The van der Waals surface area contributed by atoms with E-state index in [9.17, 15) is 4.79 Å². The zero-order valence-electron chi connectivity index (χ0n) is 17.7. The molecule has 0 aliphatic carbocycles. The normalized spacial score (nSPS) is 17.0. The molecule has 1 aliphatic heterocycles. The van der Waals surface area contributed by atoms with Gasteiger partial charge in [-0.2, -0.15) is 0 Å². The van der Waals surface area contributed by atoms with E-state index in [1.54, 1.807) is 45.6 Å². The Hall–Kier alpha value is -3.51. The van der Waals surface area contributed by atoms with Crippen molar-refractivity contribution in [1.82, 2.24) is 0 Å². The highest BCUT2D eigenvalue weighted by Gasteiger charge is 2.50. The van der Waals surface area contributed by atoms with Crippen molar-refractivity contribution in [2.24, 2.45) is 0 Å². The van der Waals surface area contributed by atoms with Gasteiger partial charge in [-0.3, -0.25) is 4.79 Å². The minimum atomic E-state index is -0.641. The lowest BCUT2D eigenvalue weighted by molar-refractivity contribution is 0.0949. The number of hydrogen-bond acceptors (Lipinski definition) is 6. The summed E-state index contributed by atoms with van der Waals surface area (Å²) in [5, 5.41) is 0. The van der Waals surface area contributed by atoms with E-state index in [4.69, 9.17) is 23.7 Å². The summed E-state index contributed by atoms with van der Waals surface area (Å²) in [6.07, 6.45) is -1.11. The molecule has 4 rings (SSSR count). The molecule has 0 radical (unpaired) electrons. The molecule has 6 heteroatoms. The van der Waals surface area contributed by atoms with Crippen molar-refractivity contribution < 1.29 is 28.5 Å². The average molecular weight is 420 g/mol. The molecule has 0 bridgehead atoms. The van der Waals surface area contributed by atoms with Crippen LogP contribution in [-0.4, -0.2) is 33.2 Å². The highest BCUT2D eigenvalue weighted by molar-refractivity contribution is 6.03. The fourth-order valence-corrected chi connectivity index (χ4v) is 3.53. The largest absolute Gasteiger partial charge is 0.496 e. The summed E-state index contributed by atoms with van der Waals surface area (Å²) in [4.78, 5) is 13.2. The van der Waals surface area contributed by atoms with E-state index in [0.717, 1.165) is 5.56 Å². The maximum absolute atomic E-state index is 13.2. The Kier molecular flexibility index (Phi) is 6.09. The van der Waals surface area contributed by atoms with Crippen molar-refractivity contribution in [2.45, 2.75) is 18.8 Å². The number of ether oxygens (including phenoxy) is 5. The van der Waals surface area contributed by atoms with Crippen LogP contribution in [0.3, 0.4) is 0 Å². The minimum Gasteiger partial charge on any atom is -0.496 e. The van der Waals surface area contributed by atoms with E-state index >= 15 is 0 Å².